The predicted octanol–water partition coefficient (Wildman–Crippen LogP) is 2.51. The maximum atomic E-state index is 12.1. The molecule has 21 heavy (non-hydrogen) atoms. The van der Waals surface area contributed by atoms with Crippen molar-refractivity contribution in [3.8, 4) is 0 Å². The summed E-state index contributed by atoms with van der Waals surface area (Å²) in [4.78, 5) is 14.0. The molecule has 1 aromatic rings. The Labute approximate surface area is 134 Å². The SMILES string of the molecule is C[C@H]1CC(NCCC(=O)N2CCOCC2)c2ccsc2S1. The lowest BCUT2D eigenvalue weighted by Gasteiger charge is -2.29. The Kier molecular flexibility index (Phi) is 5.21. The molecule has 0 saturated carbocycles. The van der Waals surface area contributed by atoms with Gasteiger partial charge < -0.3 is 15.0 Å². The largest absolute Gasteiger partial charge is 0.378 e. The number of morpholine rings is 1. The number of thioether (sulfide) groups is 1. The van der Waals surface area contributed by atoms with Gasteiger partial charge in [0.2, 0.25) is 5.91 Å². The molecule has 116 valence electrons. The Balaban J connectivity index is 1.48. The highest BCUT2D eigenvalue weighted by molar-refractivity contribution is 8.01. The first-order chi connectivity index (χ1) is 10.2. The van der Waals surface area contributed by atoms with Gasteiger partial charge >= 0.3 is 0 Å². The molecule has 0 bridgehead atoms. The third-order valence-electron chi connectivity index (χ3n) is 4.00. The van der Waals surface area contributed by atoms with Gasteiger partial charge in [0.05, 0.1) is 17.4 Å². The molecule has 0 aromatic carbocycles. The van der Waals surface area contributed by atoms with Crippen LogP contribution in [0.4, 0.5) is 0 Å². The molecule has 1 saturated heterocycles. The van der Waals surface area contributed by atoms with Gasteiger partial charge in [-0.3, -0.25) is 4.79 Å². The van der Waals surface area contributed by atoms with Gasteiger partial charge in [-0.15, -0.1) is 23.1 Å². The van der Waals surface area contributed by atoms with Gasteiger partial charge in [-0.05, 0) is 23.4 Å². The Hall–Kier alpha value is -0.560. The van der Waals surface area contributed by atoms with Crippen LogP contribution in [0.5, 0.6) is 0 Å². The van der Waals surface area contributed by atoms with E-state index >= 15 is 0 Å². The molecular weight excluding hydrogens is 304 g/mol. The molecule has 1 unspecified atom stereocenters. The van der Waals surface area contributed by atoms with E-state index < -0.39 is 0 Å². The van der Waals surface area contributed by atoms with E-state index in [9.17, 15) is 4.79 Å². The molecule has 3 rings (SSSR count). The van der Waals surface area contributed by atoms with Crippen molar-refractivity contribution in [3.05, 3.63) is 17.0 Å². The average molecular weight is 326 g/mol. The first-order valence-corrected chi connectivity index (χ1v) is 9.33. The van der Waals surface area contributed by atoms with E-state index in [4.69, 9.17) is 4.74 Å². The van der Waals surface area contributed by atoms with Crippen LogP contribution in [0.15, 0.2) is 15.7 Å². The maximum Gasteiger partial charge on any atom is 0.224 e. The van der Waals surface area contributed by atoms with Gasteiger partial charge in [0.15, 0.2) is 0 Å². The molecule has 2 aliphatic heterocycles. The molecule has 1 amide bonds. The third-order valence-corrected chi connectivity index (χ3v) is 6.35. The number of amides is 1. The topological polar surface area (TPSA) is 41.6 Å². The van der Waals surface area contributed by atoms with Crippen LogP contribution in [-0.4, -0.2) is 48.9 Å². The molecule has 0 spiro atoms. The normalized spacial score (nSPS) is 25.7. The summed E-state index contributed by atoms with van der Waals surface area (Å²) in [5.74, 6) is 0.245. The van der Waals surface area contributed by atoms with Crippen LogP contribution in [-0.2, 0) is 9.53 Å². The number of carbonyl (C=O) groups is 1. The summed E-state index contributed by atoms with van der Waals surface area (Å²) < 4.78 is 6.72. The summed E-state index contributed by atoms with van der Waals surface area (Å²) >= 11 is 3.80. The summed E-state index contributed by atoms with van der Waals surface area (Å²) in [6, 6.07) is 2.63. The van der Waals surface area contributed by atoms with Gasteiger partial charge in [0, 0.05) is 37.3 Å². The van der Waals surface area contributed by atoms with E-state index in [1.54, 1.807) is 0 Å². The predicted molar refractivity (Wildman–Crippen MR) is 87.0 cm³/mol. The number of carbonyl (C=O) groups excluding carboxylic acids is 1. The minimum absolute atomic E-state index is 0.245. The number of nitrogens with zero attached hydrogens (tertiary/aromatic N) is 1. The molecule has 1 N–H and O–H groups in total. The molecule has 1 fully saturated rings. The monoisotopic (exact) mass is 326 g/mol. The van der Waals surface area contributed by atoms with Crippen molar-refractivity contribution < 1.29 is 9.53 Å². The van der Waals surface area contributed by atoms with Gasteiger partial charge in [-0.2, -0.15) is 0 Å². The molecule has 6 heteroatoms. The third kappa shape index (κ3) is 3.80. The van der Waals surface area contributed by atoms with Crippen molar-refractivity contribution in [2.24, 2.45) is 0 Å². The lowest BCUT2D eigenvalue weighted by molar-refractivity contribution is -0.135. The summed E-state index contributed by atoms with van der Waals surface area (Å²) in [6.07, 6.45) is 1.72. The van der Waals surface area contributed by atoms with Crippen LogP contribution in [0.2, 0.25) is 0 Å². The second-order valence-electron chi connectivity index (χ2n) is 5.58. The molecule has 3 heterocycles. The lowest BCUT2D eigenvalue weighted by Crippen LogP contribution is -2.42. The molecule has 0 aliphatic carbocycles. The van der Waals surface area contributed by atoms with Crippen LogP contribution in [0.1, 0.15) is 31.4 Å². The standard InChI is InChI=1S/C15H22N2O2S2/c1-11-10-13(12-3-9-20-15(12)21-11)16-4-2-14(18)17-5-7-19-8-6-17/h3,9,11,13,16H,2,4-8,10H2,1H3/t11-,13?/m0/s1. The van der Waals surface area contributed by atoms with E-state index in [0.29, 0.717) is 30.9 Å². The van der Waals surface area contributed by atoms with Crippen LogP contribution in [0.25, 0.3) is 0 Å². The quantitative estimate of drug-likeness (QED) is 0.923. The number of thiophene rings is 1. The first kappa shape index (κ1) is 15.3. The Morgan fingerprint density at radius 3 is 3.10 bits per heavy atom. The number of hydrogen-bond donors (Lipinski definition) is 1. The lowest BCUT2D eigenvalue weighted by atomic mass is 10.0. The number of hydrogen-bond acceptors (Lipinski definition) is 5. The minimum atomic E-state index is 0.245. The number of ether oxygens (including phenoxy) is 1. The van der Waals surface area contributed by atoms with E-state index in [1.165, 1.54) is 9.77 Å². The number of rotatable bonds is 4. The second-order valence-corrected chi connectivity index (χ2v) is 8.20. The van der Waals surface area contributed by atoms with E-state index in [-0.39, 0.29) is 5.91 Å². The van der Waals surface area contributed by atoms with Gasteiger partial charge in [0.1, 0.15) is 0 Å². The zero-order valence-electron chi connectivity index (χ0n) is 12.3. The first-order valence-electron chi connectivity index (χ1n) is 7.57. The Morgan fingerprint density at radius 1 is 1.48 bits per heavy atom. The Morgan fingerprint density at radius 2 is 2.29 bits per heavy atom. The molecule has 0 radical (unpaired) electrons. The maximum absolute atomic E-state index is 12.1. The van der Waals surface area contributed by atoms with Gasteiger partial charge in [-0.1, -0.05) is 6.92 Å². The summed E-state index contributed by atoms with van der Waals surface area (Å²) in [5, 5.41) is 6.39. The van der Waals surface area contributed by atoms with Crippen molar-refractivity contribution in [2.45, 2.75) is 35.3 Å². The molecular formula is C15H22N2O2S2. The Bertz CT molecular complexity index is 486. The fourth-order valence-corrected chi connectivity index (χ4v) is 5.43. The van der Waals surface area contributed by atoms with E-state index in [2.05, 4.69) is 23.7 Å². The van der Waals surface area contributed by atoms with E-state index in [1.807, 2.05) is 28.0 Å². The summed E-state index contributed by atoms with van der Waals surface area (Å²) in [5.41, 5.74) is 1.42. The van der Waals surface area contributed by atoms with E-state index in [0.717, 1.165) is 26.1 Å². The fourth-order valence-electron chi connectivity index (χ4n) is 2.87. The van der Waals surface area contributed by atoms with Gasteiger partial charge in [0.25, 0.3) is 0 Å². The van der Waals surface area contributed by atoms with Gasteiger partial charge in [-0.25, -0.2) is 0 Å². The molecule has 2 aliphatic rings. The highest BCUT2D eigenvalue weighted by atomic mass is 32.2. The zero-order chi connectivity index (χ0) is 14.7. The number of nitrogens with one attached hydrogen (secondary N) is 1. The summed E-state index contributed by atoms with van der Waals surface area (Å²) in [6.45, 7) is 5.87. The van der Waals surface area contributed by atoms with Crippen LogP contribution in [0, 0.1) is 0 Å². The van der Waals surface area contributed by atoms with Crippen molar-refractivity contribution in [2.75, 3.05) is 32.8 Å². The van der Waals surface area contributed by atoms with Crippen molar-refractivity contribution in [1.29, 1.82) is 0 Å². The van der Waals surface area contributed by atoms with Crippen LogP contribution >= 0.6 is 23.1 Å². The highest BCUT2D eigenvalue weighted by Crippen LogP contribution is 2.43. The minimum Gasteiger partial charge on any atom is -0.378 e. The zero-order valence-corrected chi connectivity index (χ0v) is 14.0. The van der Waals surface area contributed by atoms with Crippen molar-refractivity contribution >= 4 is 29.0 Å². The summed E-state index contributed by atoms with van der Waals surface area (Å²) in [7, 11) is 0. The average Bonchev–Trinajstić information content (AvgIpc) is 2.96. The van der Waals surface area contributed by atoms with Crippen molar-refractivity contribution in [1.82, 2.24) is 10.2 Å². The number of fused-ring (bicyclic) bond motifs is 1. The van der Waals surface area contributed by atoms with Crippen LogP contribution in [0.3, 0.4) is 0 Å². The van der Waals surface area contributed by atoms with Crippen LogP contribution < -0.4 is 5.32 Å². The molecule has 4 nitrogen and oxygen atoms in total. The highest BCUT2D eigenvalue weighted by Gasteiger charge is 2.26. The second kappa shape index (κ2) is 7.13. The van der Waals surface area contributed by atoms with Crippen molar-refractivity contribution in [3.63, 3.8) is 0 Å². The molecule has 1 aromatic heterocycles. The molecule has 2 atom stereocenters. The smallest absolute Gasteiger partial charge is 0.224 e. The fraction of sp³-hybridized carbons (Fsp3) is 0.667.